The van der Waals surface area contributed by atoms with Gasteiger partial charge in [-0.25, -0.2) is 0 Å². The van der Waals surface area contributed by atoms with Crippen LogP contribution in [-0.4, -0.2) is 25.6 Å². The van der Waals surface area contributed by atoms with E-state index in [1.807, 2.05) is 0 Å². The predicted octanol–water partition coefficient (Wildman–Crippen LogP) is 3.61. The van der Waals surface area contributed by atoms with Crippen molar-refractivity contribution in [2.45, 2.75) is 20.5 Å². The lowest BCUT2D eigenvalue weighted by Crippen LogP contribution is -2.46. The minimum absolute atomic E-state index is 0.0462. The lowest BCUT2D eigenvalue weighted by Gasteiger charge is -2.33. The fourth-order valence-electron chi connectivity index (χ4n) is 3.19. The van der Waals surface area contributed by atoms with Gasteiger partial charge in [0.15, 0.2) is 4.33 Å². The summed E-state index contributed by atoms with van der Waals surface area (Å²) in [6.45, 7) is 0. The van der Waals surface area contributed by atoms with Gasteiger partial charge in [0.1, 0.15) is 21.3 Å². The van der Waals surface area contributed by atoms with Gasteiger partial charge in [-0.1, -0.05) is 46.4 Å². The summed E-state index contributed by atoms with van der Waals surface area (Å²) in [6.07, 6.45) is -0.240. The number of rotatable bonds is 0. The van der Waals surface area contributed by atoms with E-state index in [1.165, 1.54) is 0 Å². The summed E-state index contributed by atoms with van der Waals surface area (Å²) in [5, 5.41) is -0.0923. The van der Waals surface area contributed by atoms with Gasteiger partial charge in [0.2, 0.25) is 0 Å². The Bertz CT molecular complexity index is 496. The lowest BCUT2D eigenvalue weighted by atomic mass is 9.84. The van der Waals surface area contributed by atoms with E-state index in [-0.39, 0.29) is 28.1 Å². The van der Waals surface area contributed by atoms with Gasteiger partial charge in [-0.2, -0.15) is 0 Å². The highest BCUT2D eigenvalue weighted by atomic mass is 35.5. The minimum atomic E-state index is -1.81. The number of carbonyl (C=O) groups is 2. The highest BCUT2D eigenvalue weighted by molar-refractivity contribution is 6.66. The Morgan fingerprint density at radius 3 is 1.50 bits per heavy atom. The average molecular weight is 369 g/mol. The van der Waals surface area contributed by atoms with Crippen molar-refractivity contribution < 1.29 is 9.59 Å². The van der Waals surface area contributed by atoms with Gasteiger partial charge in [-0.15, -0.1) is 23.2 Å². The number of allylic oxidation sites excluding steroid dienone is 2. The molecule has 8 heteroatoms. The summed E-state index contributed by atoms with van der Waals surface area (Å²) < 4.78 is -1.81. The number of ketones is 2. The smallest absolute Gasteiger partial charge is 0.167 e. The molecular formula is C10H4Cl6O2. The molecule has 0 aromatic carbocycles. The fourth-order valence-corrected chi connectivity index (χ4v) is 6.18. The molecule has 3 rings (SSSR count). The van der Waals surface area contributed by atoms with Crippen molar-refractivity contribution in [3.63, 3.8) is 0 Å². The van der Waals surface area contributed by atoms with E-state index < -0.39 is 25.9 Å². The molecule has 0 aromatic heterocycles. The monoisotopic (exact) mass is 366 g/mol. The molecule has 98 valence electrons. The molecule has 0 aliphatic heterocycles. The van der Waals surface area contributed by atoms with Crippen LogP contribution < -0.4 is 0 Å². The summed E-state index contributed by atoms with van der Waals surface area (Å²) in [6, 6.07) is 0. The molecule has 0 radical (unpaired) electrons. The molecule has 3 aliphatic carbocycles. The molecule has 0 saturated heterocycles. The first-order chi connectivity index (χ1) is 8.11. The molecule has 0 N–H and O–H groups in total. The Hall–Kier alpha value is 0.820. The van der Waals surface area contributed by atoms with E-state index in [0.717, 1.165) is 0 Å². The van der Waals surface area contributed by atoms with Crippen molar-refractivity contribution in [2.24, 2.45) is 11.8 Å². The maximum absolute atomic E-state index is 11.9. The zero-order chi connectivity index (χ0) is 13.7. The highest BCUT2D eigenvalue weighted by Gasteiger charge is 2.86. The van der Waals surface area contributed by atoms with Crippen LogP contribution in [0.1, 0.15) is 6.42 Å². The van der Waals surface area contributed by atoms with Gasteiger partial charge >= 0.3 is 0 Å². The predicted molar refractivity (Wildman–Crippen MR) is 71.9 cm³/mol. The van der Waals surface area contributed by atoms with Gasteiger partial charge in [-0.05, 0) is 0 Å². The molecule has 0 spiro atoms. The molecule has 3 aliphatic rings. The molecule has 0 aromatic rings. The van der Waals surface area contributed by atoms with Crippen LogP contribution in [0.15, 0.2) is 10.1 Å². The number of fused-ring (bicyclic) bond motifs is 5. The van der Waals surface area contributed by atoms with E-state index in [9.17, 15) is 9.59 Å². The Labute approximate surface area is 132 Å². The minimum Gasteiger partial charge on any atom is -0.299 e. The molecule has 2 fully saturated rings. The van der Waals surface area contributed by atoms with Crippen LogP contribution in [0.25, 0.3) is 0 Å². The number of carbonyl (C=O) groups excluding carboxylic acids is 2. The maximum atomic E-state index is 11.9. The molecule has 2 bridgehead atoms. The summed E-state index contributed by atoms with van der Waals surface area (Å²) >= 11 is 37.3. The average Bonchev–Trinajstić information content (AvgIpc) is 2.68. The molecule has 4 atom stereocenters. The number of hydrogen-bond donors (Lipinski definition) is 0. The normalized spacial score (nSPS) is 49.2. The standard InChI is InChI=1S/C10H4Cl6O2/c11-6-7(12)9(14)5-3(18)1-2(17)4(5)8(6,13)10(9,15)16/h4-5H,1H2. The van der Waals surface area contributed by atoms with E-state index in [0.29, 0.717) is 0 Å². The van der Waals surface area contributed by atoms with Crippen molar-refractivity contribution in [3.05, 3.63) is 10.1 Å². The topological polar surface area (TPSA) is 34.1 Å². The third-order valence-electron chi connectivity index (χ3n) is 3.98. The maximum Gasteiger partial charge on any atom is 0.167 e. The second-order valence-corrected chi connectivity index (χ2v) is 7.97. The first kappa shape index (κ1) is 13.8. The Kier molecular flexibility index (Phi) is 2.70. The molecule has 0 amide bonds. The Morgan fingerprint density at radius 2 is 1.17 bits per heavy atom. The van der Waals surface area contributed by atoms with Crippen molar-refractivity contribution in [1.29, 1.82) is 0 Å². The van der Waals surface area contributed by atoms with Crippen LogP contribution >= 0.6 is 69.6 Å². The molecule has 18 heavy (non-hydrogen) atoms. The van der Waals surface area contributed by atoms with Gasteiger partial charge in [0.25, 0.3) is 0 Å². The van der Waals surface area contributed by atoms with Crippen molar-refractivity contribution in [1.82, 2.24) is 0 Å². The summed E-state index contributed by atoms with van der Waals surface area (Å²) in [7, 11) is 0. The number of halogens is 6. The molecular weight excluding hydrogens is 365 g/mol. The van der Waals surface area contributed by atoms with E-state index >= 15 is 0 Å². The highest BCUT2D eigenvalue weighted by Crippen LogP contribution is 2.77. The molecule has 4 unspecified atom stereocenters. The third-order valence-corrected chi connectivity index (χ3v) is 8.24. The number of hydrogen-bond acceptors (Lipinski definition) is 2. The van der Waals surface area contributed by atoms with Crippen LogP contribution in [0.2, 0.25) is 0 Å². The van der Waals surface area contributed by atoms with Crippen LogP contribution in [-0.2, 0) is 9.59 Å². The van der Waals surface area contributed by atoms with E-state index in [2.05, 4.69) is 0 Å². The zero-order valence-corrected chi connectivity index (χ0v) is 13.0. The summed E-state index contributed by atoms with van der Waals surface area (Å²) in [5.74, 6) is -2.55. The van der Waals surface area contributed by atoms with Crippen molar-refractivity contribution >= 4 is 81.2 Å². The molecule has 0 heterocycles. The van der Waals surface area contributed by atoms with E-state index in [4.69, 9.17) is 69.6 Å². The van der Waals surface area contributed by atoms with Gasteiger partial charge < -0.3 is 0 Å². The van der Waals surface area contributed by atoms with E-state index in [1.54, 1.807) is 0 Å². The van der Waals surface area contributed by atoms with Gasteiger partial charge in [0, 0.05) is 0 Å². The summed E-state index contributed by atoms with van der Waals surface area (Å²) in [4.78, 5) is 20.6. The first-order valence-corrected chi connectivity index (χ1v) is 7.26. The van der Waals surface area contributed by atoms with Crippen molar-refractivity contribution in [2.75, 3.05) is 0 Å². The fraction of sp³-hybridized carbons (Fsp3) is 0.600. The molecule has 2 nitrogen and oxygen atoms in total. The second-order valence-electron chi connectivity index (χ2n) is 4.69. The second kappa shape index (κ2) is 3.52. The van der Waals surface area contributed by atoms with Crippen molar-refractivity contribution in [3.8, 4) is 0 Å². The lowest BCUT2D eigenvalue weighted by molar-refractivity contribution is -0.123. The SMILES string of the molecule is O=C1CC(=O)C2C1C1(Cl)C(Cl)=C(Cl)C2(Cl)C1(Cl)Cl. The van der Waals surface area contributed by atoms with Crippen LogP contribution in [0.4, 0.5) is 0 Å². The van der Waals surface area contributed by atoms with Crippen LogP contribution in [0.3, 0.4) is 0 Å². The van der Waals surface area contributed by atoms with Gasteiger partial charge in [0.05, 0.1) is 28.3 Å². The Morgan fingerprint density at radius 1 is 0.833 bits per heavy atom. The van der Waals surface area contributed by atoms with Crippen LogP contribution in [0.5, 0.6) is 0 Å². The Balaban J connectivity index is 2.37. The summed E-state index contributed by atoms with van der Waals surface area (Å²) in [5.41, 5.74) is 0. The first-order valence-electron chi connectivity index (χ1n) is 4.99. The third kappa shape index (κ3) is 1.07. The van der Waals surface area contributed by atoms with Gasteiger partial charge in [-0.3, -0.25) is 9.59 Å². The largest absolute Gasteiger partial charge is 0.299 e. The zero-order valence-electron chi connectivity index (χ0n) is 8.45. The number of Topliss-reactive ketones (excluding diaryl/α,β-unsaturated/α-hetero) is 2. The molecule has 2 saturated carbocycles. The van der Waals surface area contributed by atoms with Crippen LogP contribution in [0, 0.1) is 11.8 Å². The number of alkyl halides is 4. The quantitative estimate of drug-likeness (QED) is 0.483.